The molecule has 1 aromatic heterocycles. The molecule has 0 fully saturated rings. The Bertz CT molecular complexity index is 963. The summed E-state index contributed by atoms with van der Waals surface area (Å²) in [5.41, 5.74) is 0.550. The maximum Gasteiger partial charge on any atom is 0.181 e. The van der Waals surface area contributed by atoms with Crippen LogP contribution in [-0.4, -0.2) is 42.9 Å². The lowest BCUT2D eigenvalue weighted by molar-refractivity contribution is 0.597. The van der Waals surface area contributed by atoms with Gasteiger partial charge in [-0.15, -0.1) is 5.10 Å². The van der Waals surface area contributed by atoms with Crippen LogP contribution in [0.25, 0.3) is 22.2 Å². The molecule has 1 N–H and O–H groups in total. The third kappa shape index (κ3) is 3.39. The first kappa shape index (κ1) is 16.8. The fourth-order valence-electron chi connectivity index (χ4n) is 2.57. The van der Waals surface area contributed by atoms with Crippen LogP contribution in [-0.2, 0) is 9.84 Å². The van der Waals surface area contributed by atoms with Crippen LogP contribution >= 0.6 is 0 Å². The van der Waals surface area contributed by atoms with Gasteiger partial charge in [0.1, 0.15) is 0 Å². The molecule has 126 valence electrons. The quantitative estimate of drug-likeness (QED) is 0.706. The highest BCUT2D eigenvalue weighted by Gasteiger charge is 2.25. The van der Waals surface area contributed by atoms with E-state index in [0.717, 1.165) is 16.8 Å². The van der Waals surface area contributed by atoms with Gasteiger partial charge in [0.05, 0.1) is 10.6 Å². The zero-order valence-corrected chi connectivity index (χ0v) is 15.8. The van der Waals surface area contributed by atoms with Gasteiger partial charge in [-0.25, -0.2) is 13.5 Å². The number of rotatable bonds is 5. The lowest BCUT2D eigenvalue weighted by Gasteiger charge is -2.17. The smallest absolute Gasteiger partial charge is 0.181 e. The summed E-state index contributed by atoms with van der Waals surface area (Å²) in [4.78, 5) is 0.290. The van der Waals surface area contributed by atoms with Crippen LogP contribution in [0.1, 0.15) is 0 Å². The molecule has 0 amide bonds. The predicted octanol–water partition coefficient (Wildman–Crippen LogP) is 3.13. The minimum absolute atomic E-state index is 0.148. The summed E-state index contributed by atoms with van der Waals surface area (Å²) in [6.07, 6.45) is 0. The zero-order valence-electron chi connectivity index (χ0n) is 13.9. The van der Waals surface area contributed by atoms with Gasteiger partial charge >= 0.3 is 0 Å². The lowest BCUT2D eigenvalue weighted by Crippen LogP contribution is -2.24. The Balaban J connectivity index is 2.20. The molecule has 0 saturated heterocycles. The van der Waals surface area contributed by atoms with Gasteiger partial charge in [0.15, 0.2) is 15.7 Å². The number of aromatic nitrogens is 4. The maximum absolute atomic E-state index is 13.0. The molecule has 0 radical (unpaired) electrons. The molecule has 0 saturated carbocycles. The Morgan fingerprint density at radius 2 is 1.83 bits per heavy atom. The van der Waals surface area contributed by atoms with Crippen molar-refractivity contribution >= 4 is 28.7 Å². The van der Waals surface area contributed by atoms with Crippen molar-refractivity contribution in [2.45, 2.75) is 30.6 Å². The van der Waals surface area contributed by atoms with Gasteiger partial charge in [0, 0.05) is 13.6 Å². The fraction of sp³-hybridized carbons (Fsp3) is 0.312. The average molecular weight is 361 g/mol. The van der Waals surface area contributed by atoms with Crippen LogP contribution in [0.4, 0.5) is 0 Å². The van der Waals surface area contributed by atoms with E-state index in [1.54, 1.807) is 6.07 Å². The zero-order chi connectivity index (χ0) is 17.4. The summed E-state index contributed by atoms with van der Waals surface area (Å²) >= 11 is 0. The minimum Gasteiger partial charge on any atom is -0.239 e. The second-order valence-electron chi connectivity index (χ2n) is 7.04. The summed E-state index contributed by atoms with van der Waals surface area (Å²) in [5, 5.41) is 15.6. The molecule has 0 spiro atoms. The summed E-state index contributed by atoms with van der Waals surface area (Å²) in [7, 11) is -4.89. The van der Waals surface area contributed by atoms with E-state index >= 15 is 0 Å². The molecule has 1 heterocycles. The first-order valence-electron chi connectivity index (χ1n) is 7.76. The largest absolute Gasteiger partial charge is 0.239 e. The van der Waals surface area contributed by atoms with Crippen molar-refractivity contribution in [3.63, 3.8) is 0 Å². The van der Waals surface area contributed by atoms with Gasteiger partial charge < -0.3 is 0 Å². The molecular formula is C16H20N4O2SSi. The van der Waals surface area contributed by atoms with Crippen LogP contribution in [0.15, 0.2) is 41.3 Å². The number of nitrogens with one attached hydrogen (secondary N) is 1. The lowest BCUT2D eigenvalue weighted by atomic mass is 10.0. The molecule has 0 bridgehead atoms. The Morgan fingerprint density at radius 3 is 2.50 bits per heavy atom. The fourth-order valence-corrected chi connectivity index (χ4v) is 7.11. The third-order valence-corrected chi connectivity index (χ3v) is 7.79. The van der Waals surface area contributed by atoms with Crippen molar-refractivity contribution in [3.8, 4) is 11.4 Å². The molecule has 0 atom stereocenters. The maximum atomic E-state index is 13.0. The van der Waals surface area contributed by atoms with Gasteiger partial charge in [-0.1, -0.05) is 50.0 Å². The van der Waals surface area contributed by atoms with E-state index < -0.39 is 17.9 Å². The second-order valence-corrected chi connectivity index (χ2v) is 14.7. The Labute approximate surface area is 142 Å². The highest BCUT2D eigenvalue weighted by Crippen LogP contribution is 2.33. The number of nitrogens with zero attached hydrogens (tertiary/aromatic N) is 3. The van der Waals surface area contributed by atoms with Gasteiger partial charge in [-0.2, -0.15) is 0 Å². The second kappa shape index (κ2) is 6.10. The van der Waals surface area contributed by atoms with E-state index in [4.69, 9.17) is 0 Å². The molecule has 24 heavy (non-hydrogen) atoms. The number of hydrogen-bond donors (Lipinski definition) is 1. The van der Waals surface area contributed by atoms with Crippen molar-refractivity contribution in [2.75, 3.05) is 5.75 Å². The number of sulfone groups is 1. The Hall–Kier alpha value is -2.06. The predicted molar refractivity (Wildman–Crippen MR) is 97.3 cm³/mol. The number of tetrazole rings is 1. The van der Waals surface area contributed by atoms with Gasteiger partial charge in [-0.3, -0.25) is 0 Å². The van der Waals surface area contributed by atoms with E-state index in [0.29, 0.717) is 11.4 Å². The molecule has 0 aliphatic heterocycles. The first-order chi connectivity index (χ1) is 11.3. The van der Waals surface area contributed by atoms with E-state index in [1.165, 1.54) is 0 Å². The van der Waals surface area contributed by atoms with Crippen LogP contribution in [0.2, 0.25) is 25.7 Å². The number of fused-ring (bicyclic) bond motifs is 1. The Kier molecular flexibility index (Phi) is 4.27. The monoisotopic (exact) mass is 360 g/mol. The highest BCUT2D eigenvalue weighted by molar-refractivity contribution is 7.91. The standard InChI is InChI=1S/C16H20N4O2SSi/c1-24(2,3)11-10-23(21,22)14-9-8-12-6-4-5-7-13(12)15(14)16-17-19-20-18-16/h4-9H,10-11H2,1-3H3,(H,17,18,19,20). The van der Waals surface area contributed by atoms with Crippen molar-refractivity contribution in [1.82, 2.24) is 20.6 Å². The molecule has 0 aliphatic rings. The molecule has 3 aromatic rings. The molecule has 6 nitrogen and oxygen atoms in total. The minimum atomic E-state index is -3.42. The van der Waals surface area contributed by atoms with Gasteiger partial charge in [0.25, 0.3) is 0 Å². The SMILES string of the molecule is C[Si](C)(C)CCS(=O)(=O)c1ccc2ccccc2c1-c1nnn[nH]1. The van der Waals surface area contributed by atoms with Crippen LogP contribution in [0.5, 0.6) is 0 Å². The molecule has 2 aromatic carbocycles. The van der Waals surface area contributed by atoms with E-state index in [9.17, 15) is 8.42 Å². The summed E-state index contributed by atoms with van der Waals surface area (Å²) < 4.78 is 26.0. The first-order valence-corrected chi connectivity index (χ1v) is 13.1. The summed E-state index contributed by atoms with van der Waals surface area (Å²) in [5.74, 6) is 0.522. The van der Waals surface area contributed by atoms with Gasteiger partial charge in [-0.05, 0) is 33.3 Å². The van der Waals surface area contributed by atoms with E-state index in [2.05, 4.69) is 40.3 Å². The molecule has 0 unspecified atom stereocenters. The number of aromatic amines is 1. The topological polar surface area (TPSA) is 88.6 Å². The molecule has 0 aliphatic carbocycles. The third-order valence-electron chi connectivity index (χ3n) is 3.93. The summed E-state index contributed by atoms with van der Waals surface area (Å²) in [6.45, 7) is 6.51. The van der Waals surface area contributed by atoms with Crippen molar-refractivity contribution in [2.24, 2.45) is 0 Å². The van der Waals surface area contributed by atoms with Crippen molar-refractivity contribution in [3.05, 3.63) is 36.4 Å². The van der Waals surface area contributed by atoms with Crippen molar-refractivity contribution in [1.29, 1.82) is 0 Å². The molecule has 8 heteroatoms. The number of benzene rings is 2. The van der Waals surface area contributed by atoms with Crippen LogP contribution < -0.4 is 0 Å². The number of H-pyrrole nitrogens is 1. The van der Waals surface area contributed by atoms with Crippen LogP contribution in [0.3, 0.4) is 0 Å². The van der Waals surface area contributed by atoms with Crippen molar-refractivity contribution < 1.29 is 8.42 Å². The highest BCUT2D eigenvalue weighted by atomic mass is 32.2. The molecule has 3 rings (SSSR count). The van der Waals surface area contributed by atoms with E-state index in [1.807, 2.05) is 30.3 Å². The van der Waals surface area contributed by atoms with E-state index in [-0.39, 0.29) is 10.6 Å². The normalized spacial score (nSPS) is 12.6. The van der Waals surface area contributed by atoms with Gasteiger partial charge in [0.2, 0.25) is 0 Å². The van der Waals surface area contributed by atoms with Crippen LogP contribution in [0, 0.1) is 0 Å². The average Bonchev–Trinajstić information content (AvgIpc) is 3.05. The Morgan fingerprint density at radius 1 is 1.08 bits per heavy atom. The molecular weight excluding hydrogens is 340 g/mol. The number of hydrogen-bond acceptors (Lipinski definition) is 5. The summed E-state index contributed by atoms with van der Waals surface area (Å²) in [6, 6.07) is 11.9.